The van der Waals surface area contributed by atoms with E-state index in [1.165, 1.54) is 5.56 Å². The molecule has 2 aromatic carbocycles. The zero-order chi connectivity index (χ0) is 15.3. The van der Waals surface area contributed by atoms with E-state index in [1.54, 1.807) is 6.07 Å². The van der Waals surface area contributed by atoms with E-state index in [2.05, 4.69) is 0 Å². The van der Waals surface area contributed by atoms with Crippen molar-refractivity contribution in [2.75, 3.05) is 0 Å². The zero-order valence-electron chi connectivity index (χ0n) is 12.3. The molecule has 2 heterocycles. The summed E-state index contributed by atoms with van der Waals surface area (Å²) in [5.41, 5.74) is 3.73. The standard InChI is InChI=1S/C19H14O3/c1-11-7-9-13(10-8-11)16-12(2)21-18-14-5-3-4-6-15(14)22-19(20)17(16)18/h3-10H,1-2H3. The summed E-state index contributed by atoms with van der Waals surface area (Å²) in [6.45, 7) is 3.91. The normalized spacial score (nSPS) is 11.4. The Morgan fingerprint density at radius 2 is 1.59 bits per heavy atom. The molecule has 0 aliphatic rings. The topological polar surface area (TPSA) is 43.4 Å². The fraction of sp³-hybridized carbons (Fsp3) is 0.105. The molecule has 0 aliphatic heterocycles. The molecule has 0 atom stereocenters. The average molecular weight is 290 g/mol. The molecule has 4 rings (SSSR count). The van der Waals surface area contributed by atoms with Gasteiger partial charge in [0.05, 0.1) is 5.39 Å². The van der Waals surface area contributed by atoms with Crippen molar-refractivity contribution in [1.29, 1.82) is 0 Å². The first kappa shape index (κ1) is 12.9. The summed E-state index contributed by atoms with van der Waals surface area (Å²) >= 11 is 0. The van der Waals surface area contributed by atoms with Gasteiger partial charge in [-0.2, -0.15) is 0 Å². The van der Waals surface area contributed by atoms with Crippen LogP contribution in [0.5, 0.6) is 0 Å². The fourth-order valence-corrected chi connectivity index (χ4v) is 2.89. The van der Waals surface area contributed by atoms with Gasteiger partial charge in [-0.3, -0.25) is 0 Å². The minimum Gasteiger partial charge on any atom is -0.460 e. The summed E-state index contributed by atoms with van der Waals surface area (Å²) in [5.74, 6) is 0.725. The van der Waals surface area contributed by atoms with Gasteiger partial charge in [-0.15, -0.1) is 0 Å². The summed E-state index contributed by atoms with van der Waals surface area (Å²) in [7, 11) is 0. The number of hydrogen-bond acceptors (Lipinski definition) is 3. The van der Waals surface area contributed by atoms with Crippen molar-refractivity contribution in [3.05, 3.63) is 70.3 Å². The van der Waals surface area contributed by atoms with Crippen molar-refractivity contribution < 1.29 is 8.83 Å². The van der Waals surface area contributed by atoms with Crippen LogP contribution in [-0.4, -0.2) is 0 Å². The lowest BCUT2D eigenvalue weighted by atomic mass is 10.0. The van der Waals surface area contributed by atoms with Crippen LogP contribution in [0, 0.1) is 13.8 Å². The van der Waals surface area contributed by atoms with Gasteiger partial charge in [0.25, 0.3) is 0 Å². The van der Waals surface area contributed by atoms with E-state index in [4.69, 9.17) is 8.83 Å². The second-order valence-corrected chi connectivity index (χ2v) is 5.49. The Labute approximate surface area is 126 Å². The van der Waals surface area contributed by atoms with Gasteiger partial charge >= 0.3 is 5.63 Å². The summed E-state index contributed by atoms with van der Waals surface area (Å²) < 4.78 is 11.4. The van der Waals surface area contributed by atoms with Gasteiger partial charge in [0.2, 0.25) is 0 Å². The maximum atomic E-state index is 12.4. The van der Waals surface area contributed by atoms with Gasteiger partial charge in [0, 0.05) is 5.56 Å². The van der Waals surface area contributed by atoms with Crippen molar-refractivity contribution in [2.45, 2.75) is 13.8 Å². The molecule has 0 fully saturated rings. The monoisotopic (exact) mass is 290 g/mol. The summed E-state index contributed by atoms with van der Waals surface area (Å²) in [6.07, 6.45) is 0. The van der Waals surface area contributed by atoms with E-state index < -0.39 is 0 Å². The number of benzene rings is 2. The lowest BCUT2D eigenvalue weighted by molar-refractivity contribution is 0.559. The van der Waals surface area contributed by atoms with Gasteiger partial charge in [0.15, 0.2) is 5.58 Å². The first-order valence-corrected chi connectivity index (χ1v) is 7.17. The number of hydrogen-bond donors (Lipinski definition) is 0. The summed E-state index contributed by atoms with van der Waals surface area (Å²) in [4.78, 5) is 12.4. The number of fused-ring (bicyclic) bond motifs is 3. The second-order valence-electron chi connectivity index (χ2n) is 5.49. The molecule has 0 spiro atoms. The van der Waals surface area contributed by atoms with Crippen LogP contribution in [0.3, 0.4) is 0 Å². The molecule has 0 saturated heterocycles. The molecule has 0 bridgehead atoms. The molecule has 4 aromatic rings. The van der Waals surface area contributed by atoms with E-state index >= 15 is 0 Å². The van der Waals surface area contributed by atoms with Crippen molar-refractivity contribution in [3.63, 3.8) is 0 Å². The Hall–Kier alpha value is -2.81. The minimum absolute atomic E-state index is 0.360. The predicted molar refractivity (Wildman–Crippen MR) is 87.2 cm³/mol. The van der Waals surface area contributed by atoms with Crippen molar-refractivity contribution >= 4 is 21.9 Å². The zero-order valence-corrected chi connectivity index (χ0v) is 12.3. The van der Waals surface area contributed by atoms with Gasteiger partial charge in [-0.25, -0.2) is 4.79 Å². The molecule has 0 amide bonds. The van der Waals surface area contributed by atoms with Crippen LogP contribution >= 0.6 is 0 Å². The van der Waals surface area contributed by atoms with Crippen molar-refractivity contribution in [3.8, 4) is 11.1 Å². The van der Waals surface area contributed by atoms with Crippen LogP contribution in [0.1, 0.15) is 11.3 Å². The van der Waals surface area contributed by atoms with Crippen LogP contribution in [0.2, 0.25) is 0 Å². The van der Waals surface area contributed by atoms with Crippen LogP contribution < -0.4 is 5.63 Å². The first-order valence-electron chi connectivity index (χ1n) is 7.17. The molecule has 2 aromatic heterocycles. The maximum absolute atomic E-state index is 12.4. The van der Waals surface area contributed by atoms with Gasteiger partial charge in [0.1, 0.15) is 16.7 Å². The van der Waals surface area contributed by atoms with E-state index in [0.29, 0.717) is 16.6 Å². The molecule has 22 heavy (non-hydrogen) atoms. The minimum atomic E-state index is -0.360. The smallest absolute Gasteiger partial charge is 0.348 e. The SMILES string of the molecule is Cc1ccc(-c2c(C)oc3c2c(=O)oc2ccccc23)cc1. The maximum Gasteiger partial charge on any atom is 0.348 e. The molecular weight excluding hydrogens is 276 g/mol. The van der Waals surface area contributed by atoms with Crippen molar-refractivity contribution in [1.82, 2.24) is 0 Å². The molecule has 0 N–H and O–H groups in total. The summed E-state index contributed by atoms with van der Waals surface area (Å²) in [6, 6.07) is 15.5. The third kappa shape index (κ3) is 1.79. The van der Waals surface area contributed by atoms with Crippen LogP contribution in [-0.2, 0) is 0 Å². The molecule has 0 radical (unpaired) electrons. The molecular formula is C19H14O3. The number of para-hydroxylation sites is 1. The van der Waals surface area contributed by atoms with Gasteiger partial charge in [-0.05, 0) is 31.5 Å². The van der Waals surface area contributed by atoms with E-state index in [1.807, 2.05) is 56.3 Å². The van der Waals surface area contributed by atoms with E-state index in [-0.39, 0.29) is 5.63 Å². The van der Waals surface area contributed by atoms with Crippen LogP contribution in [0.4, 0.5) is 0 Å². The Balaban J connectivity index is 2.16. The third-order valence-electron chi connectivity index (χ3n) is 3.96. The lowest BCUT2D eigenvalue weighted by Crippen LogP contribution is -1.99. The quantitative estimate of drug-likeness (QED) is 0.472. The molecule has 0 saturated carbocycles. The van der Waals surface area contributed by atoms with Crippen LogP contribution in [0.25, 0.3) is 33.1 Å². The molecule has 108 valence electrons. The lowest BCUT2D eigenvalue weighted by Gasteiger charge is -2.01. The molecule has 0 unspecified atom stereocenters. The highest BCUT2D eigenvalue weighted by atomic mass is 16.4. The fourth-order valence-electron chi connectivity index (χ4n) is 2.89. The Morgan fingerprint density at radius 3 is 2.36 bits per heavy atom. The predicted octanol–water partition coefficient (Wildman–Crippen LogP) is 4.82. The highest BCUT2D eigenvalue weighted by Crippen LogP contribution is 2.35. The van der Waals surface area contributed by atoms with E-state index in [9.17, 15) is 4.79 Å². The first-order chi connectivity index (χ1) is 10.6. The molecule has 3 nitrogen and oxygen atoms in total. The molecule has 3 heteroatoms. The highest BCUT2D eigenvalue weighted by Gasteiger charge is 2.19. The third-order valence-corrected chi connectivity index (χ3v) is 3.96. The van der Waals surface area contributed by atoms with Gasteiger partial charge in [-0.1, -0.05) is 42.0 Å². The van der Waals surface area contributed by atoms with Crippen LogP contribution in [0.15, 0.2) is 62.2 Å². The number of furan rings is 1. The molecule has 0 aliphatic carbocycles. The average Bonchev–Trinajstić information content (AvgIpc) is 2.86. The summed E-state index contributed by atoms with van der Waals surface area (Å²) in [5, 5.41) is 1.33. The Kier molecular flexibility index (Phi) is 2.70. The van der Waals surface area contributed by atoms with E-state index in [0.717, 1.165) is 22.3 Å². The second kappa shape index (κ2) is 4.60. The number of aryl methyl sites for hydroxylation is 2. The Morgan fingerprint density at radius 1 is 0.864 bits per heavy atom. The van der Waals surface area contributed by atoms with Crippen molar-refractivity contribution in [2.24, 2.45) is 0 Å². The number of rotatable bonds is 1. The highest BCUT2D eigenvalue weighted by molar-refractivity contribution is 6.07. The largest absolute Gasteiger partial charge is 0.460 e. The Bertz CT molecular complexity index is 1050. The van der Waals surface area contributed by atoms with Gasteiger partial charge < -0.3 is 8.83 Å².